The third-order valence-corrected chi connectivity index (χ3v) is 5.16. The minimum Gasteiger partial charge on any atom is -0.493 e. The molecule has 1 aromatic carbocycles. The molecule has 0 aliphatic carbocycles. The first-order chi connectivity index (χ1) is 14.1. The Hall–Kier alpha value is -2.34. The van der Waals surface area contributed by atoms with E-state index in [0.29, 0.717) is 32.3 Å². The highest BCUT2D eigenvalue weighted by Gasteiger charge is 2.26. The molecular weight excluding hydrogens is 368 g/mol. The molecule has 6 nitrogen and oxygen atoms in total. The number of ether oxygens (including phenoxy) is 2. The average molecular weight is 403 g/mol. The van der Waals surface area contributed by atoms with Crippen LogP contribution in [0.4, 0.5) is 0 Å². The molecule has 0 N–H and O–H groups in total. The minimum atomic E-state index is -0.269. The molecule has 1 aliphatic rings. The van der Waals surface area contributed by atoms with Gasteiger partial charge >= 0.3 is 5.97 Å². The van der Waals surface area contributed by atoms with E-state index < -0.39 is 0 Å². The molecule has 1 atom stereocenters. The number of carbonyl (C=O) groups excluding carboxylic acids is 2. The zero-order valence-electron chi connectivity index (χ0n) is 17.9. The molecule has 29 heavy (non-hydrogen) atoms. The van der Waals surface area contributed by atoms with Crippen LogP contribution in [0.15, 0.2) is 30.3 Å². The molecule has 0 spiro atoms. The van der Waals surface area contributed by atoms with Crippen LogP contribution in [0.1, 0.15) is 45.6 Å². The fourth-order valence-corrected chi connectivity index (χ4v) is 3.70. The standard InChI is InChI=1S/C23H34N2O4/c1-4-24-16-9-11-20(24)18-25(17-15-23(27)29-6-3)22(26)14-13-19-10-7-8-12-21(19)28-5-2/h7-8,10,12-14,20H,4-6,9,11,15-18H2,1-3H3/b14-13+. The third-order valence-electron chi connectivity index (χ3n) is 5.16. The Balaban J connectivity index is 2.09. The summed E-state index contributed by atoms with van der Waals surface area (Å²) in [6, 6.07) is 7.99. The van der Waals surface area contributed by atoms with Gasteiger partial charge in [-0.15, -0.1) is 0 Å². The summed E-state index contributed by atoms with van der Waals surface area (Å²) in [7, 11) is 0. The van der Waals surface area contributed by atoms with Crippen molar-refractivity contribution in [1.29, 1.82) is 0 Å². The summed E-state index contributed by atoms with van der Waals surface area (Å²) in [5, 5.41) is 0. The number of hydrogen-bond acceptors (Lipinski definition) is 5. The summed E-state index contributed by atoms with van der Waals surface area (Å²) >= 11 is 0. The fourth-order valence-electron chi connectivity index (χ4n) is 3.70. The Morgan fingerprint density at radius 1 is 1.21 bits per heavy atom. The van der Waals surface area contributed by atoms with Crippen molar-refractivity contribution in [3.63, 3.8) is 0 Å². The van der Waals surface area contributed by atoms with E-state index in [0.717, 1.165) is 37.2 Å². The lowest BCUT2D eigenvalue weighted by Gasteiger charge is -2.29. The van der Waals surface area contributed by atoms with Crippen LogP contribution in [-0.2, 0) is 14.3 Å². The Bertz CT molecular complexity index is 689. The van der Waals surface area contributed by atoms with Crippen molar-refractivity contribution in [2.24, 2.45) is 0 Å². The predicted octanol–water partition coefficient (Wildman–Crippen LogP) is 3.36. The monoisotopic (exact) mass is 402 g/mol. The highest BCUT2D eigenvalue weighted by molar-refractivity contribution is 5.92. The van der Waals surface area contributed by atoms with Gasteiger partial charge in [0, 0.05) is 30.8 Å². The predicted molar refractivity (Wildman–Crippen MR) is 115 cm³/mol. The number of hydrogen-bond donors (Lipinski definition) is 0. The first-order valence-corrected chi connectivity index (χ1v) is 10.7. The maximum Gasteiger partial charge on any atom is 0.307 e. The van der Waals surface area contributed by atoms with Gasteiger partial charge in [-0.3, -0.25) is 14.5 Å². The van der Waals surface area contributed by atoms with Crippen molar-refractivity contribution in [2.45, 2.75) is 46.1 Å². The number of esters is 1. The maximum absolute atomic E-state index is 13.0. The summed E-state index contributed by atoms with van der Waals surface area (Å²) < 4.78 is 10.7. The highest BCUT2D eigenvalue weighted by atomic mass is 16.5. The summed E-state index contributed by atoms with van der Waals surface area (Å²) in [4.78, 5) is 29.0. The number of carbonyl (C=O) groups is 2. The Morgan fingerprint density at radius 2 is 2.00 bits per heavy atom. The summed E-state index contributed by atoms with van der Waals surface area (Å²) in [6.07, 6.45) is 5.80. The molecular formula is C23H34N2O4. The number of benzene rings is 1. The van der Waals surface area contributed by atoms with Crippen LogP contribution in [0.25, 0.3) is 6.08 Å². The van der Waals surface area contributed by atoms with Gasteiger partial charge in [0.1, 0.15) is 5.75 Å². The van der Waals surface area contributed by atoms with Gasteiger partial charge in [0.2, 0.25) is 5.91 Å². The first-order valence-electron chi connectivity index (χ1n) is 10.7. The van der Waals surface area contributed by atoms with E-state index in [1.807, 2.05) is 31.2 Å². The molecule has 1 heterocycles. The van der Waals surface area contributed by atoms with Gasteiger partial charge in [0.25, 0.3) is 0 Å². The number of likely N-dealkylation sites (N-methyl/N-ethyl adjacent to an activating group) is 1. The lowest BCUT2D eigenvalue weighted by atomic mass is 10.1. The molecule has 0 bridgehead atoms. The van der Waals surface area contributed by atoms with Crippen molar-refractivity contribution in [3.05, 3.63) is 35.9 Å². The molecule has 1 saturated heterocycles. The van der Waals surface area contributed by atoms with E-state index in [1.165, 1.54) is 0 Å². The van der Waals surface area contributed by atoms with Crippen LogP contribution in [-0.4, -0.2) is 67.1 Å². The third kappa shape index (κ3) is 7.20. The number of likely N-dealkylation sites (tertiary alicyclic amines) is 1. The molecule has 1 aliphatic heterocycles. The second-order valence-corrected chi connectivity index (χ2v) is 7.07. The van der Waals surface area contributed by atoms with Crippen molar-refractivity contribution in [3.8, 4) is 5.75 Å². The first kappa shape index (κ1) is 22.9. The van der Waals surface area contributed by atoms with Crippen LogP contribution >= 0.6 is 0 Å². The highest BCUT2D eigenvalue weighted by Crippen LogP contribution is 2.21. The normalized spacial score (nSPS) is 16.9. The molecule has 0 aromatic heterocycles. The molecule has 1 unspecified atom stereocenters. The second-order valence-electron chi connectivity index (χ2n) is 7.07. The van der Waals surface area contributed by atoms with Crippen LogP contribution in [0.3, 0.4) is 0 Å². The van der Waals surface area contributed by atoms with Gasteiger partial charge in [0.15, 0.2) is 0 Å². The van der Waals surface area contributed by atoms with Gasteiger partial charge in [-0.1, -0.05) is 25.1 Å². The van der Waals surface area contributed by atoms with Crippen LogP contribution in [0.5, 0.6) is 5.75 Å². The van der Waals surface area contributed by atoms with Gasteiger partial charge < -0.3 is 14.4 Å². The van der Waals surface area contributed by atoms with Crippen LogP contribution < -0.4 is 4.74 Å². The summed E-state index contributed by atoms with van der Waals surface area (Å²) in [5.74, 6) is 0.392. The van der Waals surface area contributed by atoms with Gasteiger partial charge in [-0.2, -0.15) is 0 Å². The van der Waals surface area contributed by atoms with Crippen LogP contribution in [0.2, 0.25) is 0 Å². The summed E-state index contributed by atoms with van der Waals surface area (Å²) in [6.45, 7) is 9.83. The van der Waals surface area contributed by atoms with Gasteiger partial charge in [-0.05, 0) is 51.9 Å². The van der Waals surface area contributed by atoms with E-state index in [1.54, 1.807) is 24.0 Å². The smallest absolute Gasteiger partial charge is 0.307 e. The fraction of sp³-hybridized carbons (Fsp3) is 0.565. The molecule has 2 rings (SSSR count). The molecule has 1 amide bonds. The lowest BCUT2D eigenvalue weighted by molar-refractivity contribution is -0.143. The molecule has 0 saturated carbocycles. The molecule has 1 aromatic rings. The van der Waals surface area contributed by atoms with E-state index >= 15 is 0 Å². The lowest BCUT2D eigenvalue weighted by Crippen LogP contribution is -2.43. The Kier molecular flexibility index (Phi) is 9.71. The number of para-hydroxylation sites is 1. The van der Waals surface area contributed by atoms with E-state index in [2.05, 4.69) is 11.8 Å². The summed E-state index contributed by atoms with van der Waals surface area (Å²) in [5.41, 5.74) is 0.865. The zero-order valence-corrected chi connectivity index (χ0v) is 17.9. The van der Waals surface area contributed by atoms with Crippen molar-refractivity contribution in [2.75, 3.05) is 39.4 Å². The topological polar surface area (TPSA) is 59.1 Å². The van der Waals surface area contributed by atoms with Crippen molar-refractivity contribution < 1.29 is 19.1 Å². The largest absolute Gasteiger partial charge is 0.493 e. The minimum absolute atomic E-state index is 0.0939. The SMILES string of the molecule is CCOC(=O)CCN(CC1CCCN1CC)C(=O)/C=C/c1ccccc1OCC. The number of amides is 1. The average Bonchev–Trinajstić information content (AvgIpc) is 3.18. The van der Waals surface area contributed by atoms with E-state index in [9.17, 15) is 9.59 Å². The van der Waals surface area contributed by atoms with E-state index in [-0.39, 0.29) is 18.3 Å². The zero-order chi connectivity index (χ0) is 21.1. The van der Waals surface area contributed by atoms with Crippen molar-refractivity contribution >= 4 is 18.0 Å². The van der Waals surface area contributed by atoms with Gasteiger partial charge in [-0.25, -0.2) is 0 Å². The van der Waals surface area contributed by atoms with Gasteiger partial charge in [0.05, 0.1) is 19.6 Å². The Morgan fingerprint density at radius 3 is 2.72 bits per heavy atom. The second kappa shape index (κ2) is 12.3. The molecule has 160 valence electrons. The molecule has 1 fully saturated rings. The maximum atomic E-state index is 13.0. The van der Waals surface area contributed by atoms with Crippen LogP contribution in [0, 0.1) is 0 Å². The quantitative estimate of drug-likeness (QED) is 0.420. The van der Waals surface area contributed by atoms with Crippen molar-refractivity contribution in [1.82, 2.24) is 9.80 Å². The van der Waals surface area contributed by atoms with E-state index in [4.69, 9.17) is 9.47 Å². The Labute approximate surface area is 174 Å². The number of rotatable bonds is 11. The molecule has 0 radical (unpaired) electrons. The number of nitrogens with zero attached hydrogens (tertiary/aromatic N) is 2. The molecule has 6 heteroatoms.